The Morgan fingerprint density at radius 2 is 2.00 bits per heavy atom. The van der Waals surface area contributed by atoms with E-state index >= 15 is 4.39 Å². The van der Waals surface area contributed by atoms with Crippen LogP contribution in [0.25, 0.3) is 10.9 Å². The SMILES string of the molecule is CN1CCC[C@H]1COc1nc(N2CC3CCC(C3)C2)c2cc(Cl)c(Br)c(F)c2n1. The molecule has 5 rings (SSSR count). The lowest BCUT2D eigenvalue weighted by atomic mass is 9.98. The molecule has 1 aromatic carbocycles. The summed E-state index contributed by atoms with van der Waals surface area (Å²) in [7, 11) is 2.11. The standard InChI is InChI=1S/C21H25BrClFN4O/c1-27-6-2-3-14(27)11-29-21-25-19-15(8-16(23)17(22)18(19)24)20(26-21)28-9-12-4-5-13(7-12)10-28/h8,12-14H,2-7,9-11H2,1H3/t12?,13?,14-/m0/s1. The molecule has 1 aliphatic carbocycles. The van der Waals surface area contributed by atoms with Gasteiger partial charge in [-0.25, -0.2) is 4.39 Å². The van der Waals surface area contributed by atoms with Crippen molar-refractivity contribution in [3.05, 3.63) is 21.4 Å². The van der Waals surface area contributed by atoms with Gasteiger partial charge in [0.15, 0.2) is 5.82 Å². The summed E-state index contributed by atoms with van der Waals surface area (Å²) in [6.45, 7) is 3.49. The molecule has 2 saturated heterocycles. The molecule has 2 aromatic rings. The Balaban J connectivity index is 1.53. The third kappa shape index (κ3) is 3.70. The van der Waals surface area contributed by atoms with E-state index in [-0.39, 0.29) is 16.0 Å². The van der Waals surface area contributed by atoms with Crippen molar-refractivity contribution < 1.29 is 9.13 Å². The van der Waals surface area contributed by atoms with Crippen molar-refractivity contribution in [3.8, 4) is 6.01 Å². The van der Waals surface area contributed by atoms with Gasteiger partial charge in [0.25, 0.3) is 0 Å². The number of anilines is 1. The highest BCUT2D eigenvalue weighted by Gasteiger charge is 2.34. The van der Waals surface area contributed by atoms with Crippen molar-refractivity contribution >= 4 is 44.3 Å². The largest absolute Gasteiger partial charge is 0.462 e. The summed E-state index contributed by atoms with van der Waals surface area (Å²) in [5.41, 5.74) is 0.263. The highest BCUT2D eigenvalue weighted by atomic mass is 79.9. The fourth-order valence-electron chi connectivity index (χ4n) is 5.18. The molecular formula is C21H25BrClFN4O. The second-order valence-corrected chi connectivity index (χ2v) is 9.95. The first kappa shape index (κ1) is 19.8. The van der Waals surface area contributed by atoms with E-state index in [0.717, 1.165) is 31.9 Å². The van der Waals surface area contributed by atoms with Gasteiger partial charge in [-0.3, -0.25) is 0 Å². The molecule has 29 heavy (non-hydrogen) atoms. The Bertz CT molecular complexity index is 933. The number of nitrogens with zero attached hydrogens (tertiary/aromatic N) is 4. The fourth-order valence-corrected chi connectivity index (χ4v) is 5.68. The number of likely N-dealkylation sites (N-methyl/N-ethyl adjacent to an activating group) is 1. The first-order chi connectivity index (χ1) is 14.0. The van der Waals surface area contributed by atoms with Crippen molar-refractivity contribution in [1.82, 2.24) is 14.9 Å². The molecule has 0 radical (unpaired) electrons. The Kier molecular flexibility index (Phi) is 5.33. The van der Waals surface area contributed by atoms with Crippen LogP contribution < -0.4 is 9.64 Å². The van der Waals surface area contributed by atoms with Crippen molar-refractivity contribution in [2.24, 2.45) is 11.8 Å². The molecule has 3 atom stereocenters. The monoisotopic (exact) mass is 482 g/mol. The van der Waals surface area contributed by atoms with Crippen molar-refractivity contribution in [2.45, 2.75) is 38.1 Å². The number of hydrogen-bond donors (Lipinski definition) is 0. The average Bonchev–Trinajstić information content (AvgIpc) is 3.28. The normalized spacial score (nSPS) is 27.2. The topological polar surface area (TPSA) is 41.5 Å². The molecular weight excluding hydrogens is 459 g/mol. The summed E-state index contributed by atoms with van der Waals surface area (Å²) >= 11 is 9.53. The Hall–Kier alpha value is -1.18. The number of ether oxygens (including phenoxy) is 1. The molecule has 5 nitrogen and oxygen atoms in total. The maximum absolute atomic E-state index is 15.1. The average molecular weight is 484 g/mol. The smallest absolute Gasteiger partial charge is 0.319 e. The van der Waals surface area contributed by atoms with Gasteiger partial charge in [-0.15, -0.1) is 0 Å². The van der Waals surface area contributed by atoms with E-state index in [1.54, 1.807) is 6.07 Å². The molecule has 8 heteroatoms. The van der Waals surface area contributed by atoms with E-state index in [4.69, 9.17) is 21.3 Å². The third-order valence-electron chi connectivity index (χ3n) is 6.77. The van der Waals surface area contributed by atoms with Crippen LogP contribution in [0.15, 0.2) is 10.5 Å². The van der Waals surface area contributed by atoms with Gasteiger partial charge in [0.2, 0.25) is 0 Å². The summed E-state index contributed by atoms with van der Waals surface area (Å²) in [6, 6.07) is 2.37. The minimum atomic E-state index is -0.459. The van der Waals surface area contributed by atoms with Crippen LogP contribution in [0.1, 0.15) is 32.1 Å². The molecule has 2 bridgehead atoms. The molecule has 3 heterocycles. The lowest BCUT2D eigenvalue weighted by Crippen LogP contribution is -2.37. The van der Waals surface area contributed by atoms with Gasteiger partial charge < -0.3 is 14.5 Å². The second-order valence-electron chi connectivity index (χ2n) is 8.75. The van der Waals surface area contributed by atoms with E-state index in [0.29, 0.717) is 34.9 Å². The third-order valence-corrected chi connectivity index (χ3v) is 8.07. The van der Waals surface area contributed by atoms with E-state index in [9.17, 15) is 0 Å². The molecule has 0 spiro atoms. The molecule has 0 N–H and O–H groups in total. The van der Waals surface area contributed by atoms with Gasteiger partial charge in [0, 0.05) is 24.5 Å². The molecule has 1 saturated carbocycles. The van der Waals surface area contributed by atoms with Crippen molar-refractivity contribution in [1.29, 1.82) is 0 Å². The zero-order chi connectivity index (χ0) is 20.1. The number of piperidine rings is 1. The predicted molar refractivity (Wildman–Crippen MR) is 116 cm³/mol. The summed E-state index contributed by atoms with van der Waals surface area (Å²) in [6.07, 6.45) is 6.09. The zero-order valence-electron chi connectivity index (χ0n) is 16.5. The Morgan fingerprint density at radius 1 is 1.24 bits per heavy atom. The minimum absolute atomic E-state index is 0.233. The number of hydrogen-bond acceptors (Lipinski definition) is 5. The van der Waals surface area contributed by atoms with E-state index in [2.05, 4.69) is 37.8 Å². The van der Waals surface area contributed by atoms with E-state index in [1.165, 1.54) is 25.7 Å². The van der Waals surface area contributed by atoms with Crippen LogP contribution in [-0.4, -0.2) is 54.2 Å². The van der Waals surface area contributed by atoms with E-state index in [1.807, 2.05) is 0 Å². The number of likely N-dealkylation sites (tertiary alicyclic amines) is 1. The Morgan fingerprint density at radius 3 is 2.69 bits per heavy atom. The molecule has 2 aliphatic heterocycles. The Labute approximate surface area is 183 Å². The van der Waals surface area contributed by atoms with Gasteiger partial charge in [-0.1, -0.05) is 11.6 Å². The lowest BCUT2D eigenvalue weighted by Gasteiger charge is -2.33. The number of benzene rings is 1. The van der Waals surface area contributed by atoms with Crippen LogP contribution in [0.2, 0.25) is 5.02 Å². The van der Waals surface area contributed by atoms with Gasteiger partial charge in [-0.05, 0) is 79.5 Å². The van der Waals surface area contributed by atoms with Crippen molar-refractivity contribution in [3.63, 3.8) is 0 Å². The lowest BCUT2D eigenvalue weighted by molar-refractivity contribution is 0.188. The number of fused-ring (bicyclic) bond motifs is 3. The van der Waals surface area contributed by atoms with Gasteiger partial charge in [-0.2, -0.15) is 9.97 Å². The van der Waals surface area contributed by atoms with Crippen molar-refractivity contribution in [2.75, 3.05) is 38.2 Å². The van der Waals surface area contributed by atoms with Gasteiger partial charge in [0.1, 0.15) is 17.9 Å². The molecule has 0 amide bonds. The minimum Gasteiger partial charge on any atom is -0.462 e. The van der Waals surface area contributed by atoms with Crippen LogP contribution in [0.4, 0.5) is 10.2 Å². The quantitative estimate of drug-likeness (QED) is 0.579. The zero-order valence-corrected chi connectivity index (χ0v) is 18.8. The van der Waals surface area contributed by atoms with Crippen LogP contribution in [0, 0.1) is 17.7 Å². The first-order valence-electron chi connectivity index (χ1n) is 10.4. The van der Waals surface area contributed by atoms with Crippen LogP contribution in [0.5, 0.6) is 6.01 Å². The predicted octanol–water partition coefficient (Wildman–Crippen LogP) is 4.89. The second kappa shape index (κ2) is 7.82. The fraction of sp³-hybridized carbons (Fsp3) is 0.619. The molecule has 2 unspecified atom stereocenters. The van der Waals surface area contributed by atoms with Gasteiger partial charge >= 0.3 is 6.01 Å². The van der Waals surface area contributed by atoms with Crippen LogP contribution in [-0.2, 0) is 0 Å². The molecule has 3 aliphatic rings. The summed E-state index contributed by atoms with van der Waals surface area (Å²) in [5, 5.41) is 0.989. The van der Waals surface area contributed by atoms with Crippen LogP contribution in [0.3, 0.4) is 0 Å². The highest BCUT2D eigenvalue weighted by molar-refractivity contribution is 9.10. The first-order valence-corrected chi connectivity index (χ1v) is 11.6. The molecule has 156 valence electrons. The maximum Gasteiger partial charge on any atom is 0.319 e. The van der Waals surface area contributed by atoms with E-state index < -0.39 is 5.82 Å². The summed E-state index contributed by atoms with van der Waals surface area (Å²) < 4.78 is 21.3. The number of aromatic nitrogens is 2. The highest BCUT2D eigenvalue weighted by Crippen LogP contribution is 2.41. The number of halogens is 3. The van der Waals surface area contributed by atoms with Gasteiger partial charge in [0.05, 0.1) is 9.50 Å². The maximum atomic E-state index is 15.1. The molecule has 1 aromatic heterocycles. The van der Waals surface area contributed by atoms with Crippen LogP contribution >= 0.6 is 27.5 Å². The summed E-state index contributed by atoms with van der Waals surface area (Å²) in [4.78, 5) is 13.8. The summed E-state index contributed by atoms with van der Waals surface area (Å²) in [5.74, 6) is 1.66. The molecule has 3 fully saturated rings. The number of rotatable bonds is 4.